The van der Waals surface area contributed by atoms with Crippen LogP contribution in [0.4, 0.5) is 0 Å². The monoisotopic (exact) mass is 288 g/mol. The van der Waals surface area contributed by atoms with Gasteiger partial charge in [-0.3, -0.25) is 11.3 Å². The Bertz CT molecular complexity index is 391. The molecule has 1 aliphatic rings. The summed E-state index contributed by atoms with van der Waals surface area (Å²) in [6, 6.07) is 9.40. The lowest BCUT2D eigenvalue weighted by atomic mass is 9.75. The summed E-state index contributed by atoms with van der Waals surface area (Å²) in [5.41, 5.74) is 5.88. The Morgan fingerprint density at radius 1 is 1.05 bits per heavy atom. The third kappa shape index (κ3) is 4.55. The normalized spacial score (nSPS) is 24.0. The molecule has 1 fully saturated rings. The van der Waals surface area contributed by atoms with E-state index in [1.165, 1.54) is 62.5 Å². The first-order valence-corrected chi connectivity index (χ1v) is 8.83. The van der Waals surface area contributed by atoms with Crippen molar-refractivity contribution in [1.82, 2.24) is 5.43 Å². The van der Waals surface area contributed by atoms with Gasteiger partial charge in [-0.25, -0.2) is 0 Å². The van der Waals surface area contributed by atoms with Gasteiger partial charge in [0.15, 0.2) is 0 Å². The third-order valence-electron chi connectivity index (χ3n) is 5.12. The van der Waals surface area contributed by atoms with E-state index in [0.717, 1.165) is 5.92 Å². The van der Waals surface area contributed by atoms with Gasteiger partial charge in [0, 0.05) is 6.04 Å². The average molecular weight is 288 g/mol. The number of nitrogens with two attached hydrogens (primary N) is 1. The van der Waals surface area contributed by atoms with E-state index in [0.29, 0.717) is 12.0 Å². The zero-order chi connectivity index (χ0) is 15.1. The predicted molar refractivity (Wildman–Crippen MR) is 90.9 cm³/mol. The topological polar surface area (TPSA) is 38.0 Å². The van der Waals surface area contributed by atoms with Crippen LogP contribution < -0.4 is 11.3 Å². The third-order valence-corrected chi connectivity index (χ3v) is 5.12. The van der Waals surface area contributed by atoms with Gasteiger partial charge in [-0.1, -0.05) is 70.2 Å². The van der Waals surface area contributed by atoms with E-state index in [2.05, 4.69) is 43.5 Å². The number of rotatable bonds is 7. The van der Waals surface area contributed by atoms with Crippen LogP contribution in [0.3, 0.4) is 0 Å². The number of aryl methyl sites for hydroxylation is 1. The van der Waals surface area contributed by atoms with Crippen molar-refractivity contribution < 1.29 is 0 Å². The molecule has 0 heterocycles. The fourth-order valence-corrected chi connectivity index (χ4v) is 3.90. The van der Waals surface area contributed by atoms with Gasteiger partial charge >= 0.3 is 0 Å². The van der Waals surface area contributed by atoms with E-state index >= 15 is 0 Å². The minimum absolute atomic E-state index is 0.322. The SMILES string of the molecule is CCCc1ccc(C(NN)C2CCC(CCC)CC2)cc1. The molecule has 1 aromatic rings. The predicted octanol–water partition coefficient (Wildman–Crippen LogP) is 4.75. The van der Waals surface area contributed by atoms with Crippen LogP contribution >= 0.6 is 0 Å². The molecule has 118 valence electrons. The Kier molecular flexibility index (Phi) is 6.72. The lowest BCUT2D eigenvalue weighted by Crippen LogP contribution is -2.35. The summed E-state index contributed by atoms with van der Waals surface area (Å²) in [5.74, 6) is 7.53. The summed E-state index contributed by atoms with van der Waals surface area (Å²) < 4.78 is 0. The molecule has 1 saturated carbocycles. The van der Waals surface area contributed by atoms with Crippen molar-refractivity contribution in [2.45, 2.75) is 71.3 Å². The van der Waals surface area contributed by atoms with Gasteiger partial charge in [0.2, 0.25) is 0 Å². The van der Waals surface area contributed by atoms with E-state index in [-0.39, 0.29) is 0 Å². The highest BCUT2D eigenvalue weighted by Crippen LogP contribution is 2.38. The number of nitrogens with one attached hydrogen (secondary N) is 1. The van der Waals surface area contributed by atoms with Crippen LogP contribution in [-0.4, -0.2) is 0 Å². The molecule has 0 aromatic heterocycles. The number of hydrogen-bond acceptors (Lipinski definition) is 2. The standard InChI is InChI=1S/C19H32N2/c1-3-5-15-7-11-17(12-8-15)19(21-20)18-13-9-16(6-4-2)10-14-18/h7-8,11-12,16,18-19,21H,3-6,9-10,13-14,20H2,1-2H3. The van der Waals surface area contributed by atoms with Gasteiger partial charge in [-0.15, -0.1) is 0 Å². The number of hydrazine groups is 1. The van der Waals surface area contributed by atoms with Crippen LogP contribution in [-0.2, 0) is 6.42 Å². The Morgan fingerprint density at radius 3 is 2.24 bits per heavy atom. The van der Waals surface area contributed by atoms with Crippen LogP contribution in [0.25, 0.3) is 0 Å². The molecule has 0 aliphatic heterocycles. The number of hydrogen-bond donors (Lipinski definition) is 2. The molecule has 0 saturated heterocycles. The average Bonchev–Trinajstić information content (AvgIpc) is 2.52. The van der Waals surface area contributed by atoms with Crippen molar-refractivity contribution in [3.05, 3.63) is 35.4 Å². The zero-order valence-corrected chi connectivity index (χ0v) is 13.8. The molecule has 1 unspecified atom stereocenters. The fraction of sp³-hybridized carbons (Fsp3) is 0.684. The van der Waals surface area contributed by atoms with Gasteiger partial charge in [0.05, 0.1) is 0 Å². The second-order valence-corrected chi connectivity index (χ2v) is 6.71. The summed E-state index contributed by atoms with van der Waals surface area (Å²) in [4.78, 5) is 0. The van der Waals surface area contributed by atoms with E-state index in [1.807, 2.05) is 0 Å². The quantitative estimate of drug-likeness (QED) is 0.561. The van der Waals surface area contributed by atoms with Crippen molar-refractivity contribution in [1.29, 1.82) is 0 Å². The Hall–Kier alpha value is -0.860. The highest BCUT2D eigenvalue weighted by molar-refractivity contribution is 5.25. The van der Waals surface area contributed by atoms with Crippen LogP contribution in [0.5, 0.6) is 0 Å². The molecule has 0 spiro atoms. The van der Waals surface area contributed by atoms with Gasteiger partial charge in [-0.2, -0.15) is 0 Å². The highest BCUT2D eigenvalue weighted by atomic mass is 15.2. The molecule has 0 amide bonds. The molecule has 1 atom stereocenters. The minimum atomic E-state index is 0.322. The second kappa shape index (κ2) is 8.55. The maximum Gasteiger partial charge on any atom is 0.0488 e. The Balaban J connectivity index is 1.96. The van der Waals surface area contributed by atoms with E-state index in [9.17, 15) is 0 Å². The van der Waals surface area contributed by atoms with Crippen LogP contribution in [0.15, 0.2) is 24.3 Å². The summed E-state index contributed by atoms with van der Waals surface area (Å²) >= 11 is 0. The first-order chi connectivity index (χ1) is 10.3. The zero-order valence-electron chi connectivity index (χ0n) is 13.8. The summed E-state index contributed by atoms with van der Waals surface area (Å²) in [6.07, 6.45) is 10.5. The maximum absolute atomic E-state index is 5.88. The largest absolute Gasteiger partial charge is 0.271 e. The van der Waals surface area contributed by atoms with Gasteiger partial charge in [0.25, 0.3) is 0 Å². The van der Waals surface area contributed by atoms with Crippen molar-refractivity contribution in [2.75, 3.05) is 0 Å². The minimum Gasteiger partial charge on any atom is -0.271 e. The Labute approximate surface area is 130 Å². The molecule has 2 heteroatoms. The first kappa shape index (κ1) is 16.5. The molecule has 0 radical (unpaired) electrons. The number of benzene rings is 1. The molecular formula is C19H32N2. The van der Waals surface area contributed by atoms with Crippen LogP contribution in [0, 0.1) is 11.8 Å². The van der Waals surface area contributed by atoms with E-state index in [1.54, 1.807) is 0 Å². The smallest absolute Gasteiger partial charge is 0.0488 e. The van der Waals surface area contributed by atoms with Crippen molar-refractivity contribution in [3.8, 4) is 0 Å². The molecular weight excluding hydrogens is 256 g/mol. The van der Waals surface area contributed by atoms with Crippen molar-refractivity contribution in [3.63, 3.8) is 0 Å². The molecule has 2 nitrogen and oxygen atoms in total. The molecule has 0 bridgehead atoms. The van der Waals surface area contributed by atoms with Crippen molar-refractivity contribution >= 4 is 0 Å². The van der Waals surface area contributed by atoms with Crippen LogP contribution in [0.2, 0.25) is 0 Å². The maximum atomic E-state index is 5.88. The van der Waals surface area contributed by atoms with Crippen molar-refractivity contribution in [2.24, 2.45) is 17.7 Å². The molecule has 1 aliphatic carbocycles. The van der Waals surface area contributed by atoms with Gasteiger partial charge in [-0.05, 0) is 42.2 Å². The van der Waals surface area contributed by atoms with Gasteiger partial charge in [0.1, 0.15) is 0 Å². The lowest BCUT2D eigenvalue weighted by Gasteiger charge is -2.34. The first-order valence-electron chi connectivity index (χ1n) is 8.83. The van der Waals surface area contributed by atoms with E-state index < -0.39 is 0 Å². The second-order valence-electron chi connectivity index (χ2n) is 6.71. The van der Waals surface area contributed by atoms with Crippen LogP contribution in [0.1, 0.15) is 76.0 Å². The highest BCUT2D eigenvalue weighted by Gasteiger charge is 2.27. The van der Waals surface area contributed by atoms with Gasteiger partial charge < -0.3 is 0 Å². The van der Waals surface area contributed by atoms with E-state index in [4.69, 9.17) is 5.84 Å². The summed E-state index contributed by atoms with van der Waals surface area (Å²) in [6.45, 7) is 4.53. The fourth-order valence-electron chi connectivity index (χ4n) is 3.90. The molecule has 21 heavy (non-hydrogen) atoms. The lowest BCUT2D eigenvalue weighted by molar-refractivity contribution is 0.215. The Morgan fingerprint density at radius 2 is 1.71 bits per heavy atom. The molecule has 2 rings (SSSR count). The molecule has 3 N–H and O–H groups in total. The molecule has 1 aromatic carbocycles. The summed E-state index contributed by atoms with van der Waals surface area (Å²) in [7, 11) is 0. The summed E-state index contributed by atoms with van der Waals surface area (Å²) in [5, 5.41) is 0.